The highest BCUT2D eigenvalue weighted by molar-refractivity contribution is 6.29. The molecule has 1 aromatic heterocycles. The van der Waals surface area contributed by atoms with Crippen LogP contribution in [0, 0.1) is 0 Å². The van der Waals surface area contributed by atoms with E-state index in [2.05, 4.69) is 28.2 Å². The zero-order valence-electron chi connectivity index (χ0n) is 11.7. The largest absolute Gasteiger partial charge is 0.374 e. The zero-order chi connectivity index (χ0) is 14.7. The molecule has 21 heavy (non-hydrogen) atoms. The monoisotopic (exact) mass is 298 g/mol. The van der Waals surface area contributed by atoms with Crippen LogP contribution in [0.5, 0.6) is 0 Å². The number of halogens is 1. The third-order valence-corrected chi connectivity index (χ3v) is 3.44. The van der Waals surface area contributed by atoms with Gasteiger partial charge in [0, 0.05) is 18.2 Å². The van der Waals surface area contributed by atoms with Crippen molar-refractivity contribution in [2.45, 2.75) is 13.5 Å². The summed E-state index contributed by atoms with van der Waals surface area (Å²) in [5, 5.41) is 2.76. The van der Waals surface area contributed by atoms with Crippen molar-refractivity contribution in [2.24, 2.45) is 0 Å². The van der Waals surface area contributed by atoms with Crippen molar-refractivity contribution in [2.75, 3.05) is 6.61 Å². The summed E-state index contributed by atoms with van der Waals surface area (Å²) >= 11 is 6.12. The predicted octanol–water partition coefficient (Wildman–Crippen LogP) is 4.49. The summed E-state index contributed by atoms with van der Waals surface area (Å²) in [5.74, 6) is 0.604. The number of hydrogen-bond acceptors (Lipinski definition) is 3. The number of nitrogens with zero attached hydrogens (tertiary/aromatic N) is 2. The minimum atomic E-state index is 0.370. The second-order valence-electron chi connectivity index (χ2n) is 4.66. The van der Waals surface area contributed by atoms with E-state index in [-0.39, 0.29) is 0 Å². The van der Waals surface area contributed by atoms with E-state index in [0.717, 1.165) is 16.6 Å². The standard InChI is InChI=1S/C17H15ClN2O/c1-2-21-11-17-19-15(10-16(18)20-17)14-9-5-7-12-6-3-4-8-13(12)14/h3-10H,2,11H2,1H3. The van der Waals surface area contributed by atoms with Gasteiger partial charge < -0.3 is 4.74 Å². The third-order valence-electron chi connectivity index (χ3n) is 3.24. The average Bonchev–Trinajstić information content (AvgIpc) is 2.52. The Labute approximate surface area is 128 Å². The molecule has 0 fully saturated rings. The van der Waals surface area contributed by atoms with Gasteiger partial charge in [0.2, 0.25) is 0 Å². The first-order valence-corrected chi connectivity index (χ1v) is 7.25. The highest BCUT2D eigenvalue weighted by Gasteiger charge is 2.08. The van der Waals surface area contributed by atoms with Gasteiger partial charge in [0.05, 0.1) is 5.69 Å². The Morgan fingerprint density at radius 1 is 1.05 bits per heavy atom. The van der Waals surface area contributed by atoms with E-state index >= 15 is 0 Å². The van der Waals surface area contributed by atoms with Crippen LogP contribution in [0.25, 0.3) is 22.0 Å². The molecule has 3 nitrogen and oxygen atoms in total. The number of fused-ring (bicyclic) bond motifs is 1. The maximum atomic E-state index is 6.12. The fourth-order valence-corrected chi connectivity index (χ4v) is 2.51. The van der Waals surface area contributed by atoms with Gasteiger partial charge in [-0.2, -0.15) is 0 Å². The van der Waals surface area contributed by atoms with Crippen LogP contribution < -0.4 is 0 Å². The molecule has 0 N–H and O–H groups in total. The minimum absolute atomic E-state index is 0.370. The first-order valence-electron chi connectivity index (χ1n) is 6.87. The lowest BCUT2D eigenvalue weighted by Crippen LogP contribution is -2.00. The predicted molar refractivity (Wildman–Crippen MR) is 85.3 cm³/mol. The van der Waals surface area contributed by atoms with Crippen molar-refractivity contribution in [3.63, 3.8) is 0 Å². The fraction of sp³-hybridized carbons (Fsp3) is 0.176. The van der Waals surface area contributed by atoms with Gasteiger partial charge in [0.1, 0.15) is 11.8 Å². The molecular formula is C17H15ClN2O. The van der Waals surface area contributed by atoms with Gasteiger partial charge in [-0.05, 0) is 17.7 Å². The Bertz CT molecular complexity index is 768. The molecule has 3 aromatic rings. The average molecular weight is 299 g/mol. The Morgan fingerprint density at radius 3 is 2.71 bits per heavy atom. The molecule has 0 atom stereocenters. The van der Waals surface area contributed by atoms with Crippen LogP contribution in [0.3, 0.4) is 0 Å². The van der Waals surface area contributed by atoms with Gasteiger partial charge in [-0.3, -0.25) is 0 Å². The van der Waals surface area contributed by atoms with Crippen LogP contribution in [-0.2, 0) is 11.3 Å². The molecule has 0 aliphatic carbocycles. The molecule has 0 bridgehead atoms. The van der Waals surface area contributed by atoms with Crippen LogP contribution in [-0.4, -0.2) is 16.6 Å². The lowest BCUT2D eigenvalue weighted by atomic mass is 10.0. The topological polar surface area (TPSA) is 35.0 Å². The molecule has 0 aliphatic rings. The van der Waals surface area contributed by atoms with Gasteiger partial charge in [0.25, 0.3) is 0 Å². The summed E-state index contributed by atoms with van der Waals surface area (Å²) in [7, 11) is 0. The fourth-order valence-electron chi connectivity index (χ4n) is 2.31. The molecule has 0 unspecified atom stereocenters. The third kappa shape index (κ3) is 3.04. The molecule has 3 rings (SSSR count). The van der Waals surface area contributed by atoms with Gasteiger partial charge in [-0.15, -0.1) is 0 Å². The second-order valence-corrected chi connectivity index (χ2v) is 5.04. The number of aromatic nitrogens is 2. The molecule has 106 valence electrons. The number of ether oxygens (including phenoxy) is 1. The van der Waals surface area contributed by atoms with Gasteiger partial charge in [-0.25, -0.2) is 9.97 Å². The van der Waals surface area contributed by atoms with Crippen molar-refractivity contribution in [3.05, 3.63) is 59.5 Å². The molecule has 4 heteroatoms. The maximum absolute atomic E-state index is 6.12. The number of benzene rings is 2. The van der Waals surface area contributed by atoms with E-state index in [4.69, 9.17) is 16.3 Å². The van der Waals surface area contributed by atoms with E-state index in [0.29, 0.717) is 24.2 Å². The molecule has 0 amide bonds. The molecule has 0 spiro atoms. The van der Waals surface area contributed by atoms with Crippen molar-refractivity contribution >= 4 is 22.4 Å². The van der Waals surface area contributed by atoms with E-state index < -0.39 is 0 Å². The highest BCUT2D eigenvalue weighted by atomic mass is 35.5. The molecule has 0 radical (unpaired) electrons. The summed E-state index contributed by atoms with van der Waals surface area (Å²) in [5.41, 5.74) is 1.87. The highest BCUT2D eigenvalue weighted by Crippen LogP contribution is 2.28. The van der Waals surface area contributed by atoms with Gasteiger partial charge in [0.15, 0.2) is 5.82 Å². The summed E-state index contributed by atoms with van der Waals surface area (Å²) < 4.78 is 5.37. The van der Waals surface area contributed by atoms with Crippen LogP contribution in [0.2, 0.25) is 5.15 Å². The van der Waals surface area contributed by atoms with Gasteiger partial charge >= 0.3 is 0 Å². The Hall–Kier alpha value is -1.97. The molecule has 0 aliphatic heterocycles. The van der Waals surface area contributed by atoms with Crippen molar-refractivity contribution < 1.29 is 4.74 Å². The first-order chi connectivity index (χ1) is 10.3. The van der Waals surface area contributed by atoms with E-state index in [1.807, 2.05) is 31.2 Å². The molecule has 0 saturated heterocycles. The van der Waals surface area contributed by atoms with Crippen molar-refractivity contribution in [3.8, 4) is 11.3 Å². The Kier molecular flexibility index (Phi) is 4.13. The van der Waals surface area contributed by atoms with E-state index in [1.165, 1.54) is 5.39 Å². The van der Waals surface area contributed by atoms with Crippen molar-refractivity contribution in [1.82, 2.24) is 9.97 Å². The van der Waals surface area contributed by atoms with E-state index in [9.17, 15) is 0 Å². The summed E-state index contributed by atoms with van der Waals surface area (Å²) in [6.07, 6.45) is 0. The lowest BCUT2D eigenvalue weighted by molar-refractivity contribution is 0.128. The SMILES string of the molecule is CCOCc1nc(Cl)cc(-c2cccc3ccccc23)n1. The molecule has 2 aromatic carbocycles. The van der Waals surface area contributed by atoms with Crippen LogP contribution in [0.1, 0.15) is 12.7 Å². The van der Waals surface area contributed by atoms with Crippen molar-refractivity contribution in [1.29, 1.82) is 0 Å². The number of rotatable bonds is 4. The first kappa shape index (κ1) is 14.0. The van der Waals surface area contributed by atoms with Gasteiger partial charge in [-0.1, -0.05) is 54.1 Å². The minimum Gasteiger partial charge on any atom is -0.374 e. The summed E-state index contributed by atoms with van der Waals surface area (Å²) in [6, 6.07) is 16.2. The van der Waals surface area contributed by atoms with Crippen LogP contribution in [0.15, 0.2) is 48.5 Å². The molecular weight excluding hydrogens is 284 g/mol. The second kappa shape index (κ2) is 6.20. The van der Waals surface area contributed by atoms with Crippen LogP contribution >= 0.6 is 11.6 Å². The zero-order valence-corrected chi connectivity index (χ0v) is 12.5. The molecule has 1 heterocycles. The summed E-state index contributed by atoms with van der Waals surface area (Å²) in [6.45, 7) is 2.93. The number of hydrogen-bond donors (Lipinski definition) is 0. The van der Waals surface area contributed by atoms with E-state index in [1.54, 1.807) is 6.07 Å². The quantitative estimate of drug-likeness (QED) is 0.666. The summed E-state index contributed by atoms with van der Waals surface area (Å²) in [4.78, 5) is 8.78. The lowest BCUT2D eigenvalue weighted by Gasteiger charge is -2.08. The smallest absolute Gasteiger partial charge is 0.156 e. The Balaban J connectivity index is 2.12. The molecule has 0 saturated carbocycles. The Morgan fingerprint density at radius 2 is 1.86 bits per heavy atom. The van der Waals surface area contributed by atoms with Crippen LogP contribution in [0.4, 0.5) is 0 Å². The normalized spacial score (nSPS) is 11.0. The maximum Gasteiger partial charge on any atom is 0.156 e.